The quantitative estimate of drug-likeness (QED) is 0.544. The number of nitrogens with zero attached hydrogens (tertiary/aromatic N) is 1. The van der Waals surface area contributed by atoms with E-state index in [4.69, 9.17) is 4.74 Å². The van der Waals surface area contributed by atoms with E-state index in [9.17, 15) is 14.4 Å². The number of aryl methyl sites for hydroxylation is 2. The van der Waals surface area contributed by atoms with Gasteiger partial charge in [0.05, 0.1) is 0 Å². The largest absolute Gasteiger partial charge is 0.444 e. The van der Waals surface area contributed by atoms with E-state index in [2.05, 4.69) is 17.2 Å². The molecule has 0 heterocycles. The van der Waals surface area contributed by atoms with Gasteiger partial charge < -0.3 is 20.3 Å². The number of benzene rings is 2. The summed E-state index contributed by atoms with van der Waals surface area (Å²) >= 11 is 0. The zero-order chi connectivity index (χ0) is 25.3. The van der Waals surface area contributed by atoms with Crippen LogP contribution < -0.4 is 10.6 Å². The Hall–Kier alpha value is -3.61. The fraction of sp³-hybridized carbons (Fsp3) is 0.370. The zero-order valence-corrected chi connectivity index (χ0v) is 20.7. The number of amides is 3. The molecule has 0 saturated carbocycles. The molecule has 2 aromatic carbocycles. The van der Waals surface area contributed by atoms with Gasteiger partial charge in [0, 0.05) is 13.1 Å². The summed E-state index contributed by atoms with van der Waals surface area (Å²) in [5.74, 6) is -0.734. The van der Waals surface area contributed by atoms with Crippen LogP contribution in [0.5, 0.6) is 0 Å². The molecular weight excluding hydrogens is 430 g/mol. The summed E-state index contributed by atoms with van der Waals surface area (Å²) in [4.78, 5) is 40.3. The SMILES string of the molecule is C=CCN(C(=O)CNC(=O)OC(C)(C)C)C(C(=O)NCc1ccccc1)c1c(C)cccc1C. The van der Waals surface area contributed by atoms with Crippen LogP contribution in [0.15, 0.2) is 61.2 Å². The molecule has 182 valence electrons. The molecule has 0 spiro atoms. The first-order chi connectivity index (χ1) is 16.0. The van der Waals surface area contributed by atoms with E-state index in [1.165, 1.54) is 4.90 Å². The summed E-state index contributed by atoms with van der Waals surface area (Å²) in [7, 11) is 0. The average molecular weight is 466 g/mol. The van der Waals surface area contributed by atoms with Crippen molar-refractivity contribution in [1.82, 2.24) is 15.5 Å². The molecule has 1 unspecified atom stereocenters. The third-order valence-electron chi connectivity index (χ3n) is 5.11. The fourth-order valence-corrected chi connectivity index (χ4v) is 3.62. The monoisotopic (exact) mass is 465 g/mol. The standard InChI is InChI=1S/C27H35N3O4/c1-7-16-30(22(31)18-29-26(33)34-27(4,5)6)24(23-19(2)12-11-13-20(23)3)25(32)28-17-21-14-9-8-10-15-21/h7-15,24H,1,16-18H2,2-6H3,(H,28,32)(H,29,33). The second-order valence-corrected chi connectivity index (χ2v) is 9.10. The molecule has 0 fully saturated rings. The van der Waals surface area contributed by atoms with E-state index < -0.39 is 23.6 Å². The van der Waals surface area contributed by atoms with Crippen molar-refractivity contribution in [3.05, 3.63) is 83.4 Å². The maximum Gasteiger partial charge on any atom is 0.408 e. The molecule has 2 N–H and O–H groups in total. The smallest absolute Gasteiger partial charge is 0.408 e. The Morgan fingerprint density at radius 2 is 1.62 bits per heavy atom. The maximum absolute atomic E-state index is 13.5. The third kappa shape index (κ3) is 7.76. The van der Waals surface area contributed by atoms with Gasteiger partial charge in [-0.25, -0.2) is 4.79 Å². The summed E-state index contributed by atoms with van der Waals surface area (Å²) < 4.78 is 5.23. The third-order valence-corrected chi connectivity index (χ3v) is 5.11. The highest BCUT2D eigenvalue weighted by Crippen LogP contribution is 2.28. The van der Waals surface area contributed by atoms with Gasteiger partial charge >= 0.3 is 6.09 Å². The summed E-state index contributed by atoms with van der Waals surface area (Å²) in [5, 5.41) is 5.45. The summed E-state index contributed by atoms with van der Waals surface area (Å²) in [5.41, 5.74) is 2.79. The second kappa shape index (κ2) is 12.0. The van der Waals surface area contributed by atoms with Gasteiger partial charge in [0.15, 0.2) is 0 Å². The van der Waals surface area contributed by atoms with Crippen molar-refractivity contribution in [2.45, 2.75) is 52.8 Å². The number of rotatable bonds is 9. The van der Waals surface area contributed by atoms with Crippen LogP contribution in [0.3, 0.4) is 0 Å². The average Bonchev–Trinajstić information content (AvgIpc) is 2.77. The number of alkyl carbamates (subject to hydrolysis) is 1. The molecule has 0 aliphatic heterocycles. The number of carbonyl (C=O) groups is 3. The van der Waals surface area contributed by atoms with Gasteiger partial charge in [0.25, 0.3) is 0 Å². The molecule has 0 saturated heterocycles. The Morgan fingerprint density at radius 1 is 1.00 bits per heavy atom. The van der Waals surface area contributed by atoms with Crippen LogP contribution in [0.1, 0.15) is 49.1 Å². The van der Waals surface area contributed by atoms with E-state index in [0.717, 1.165) is 22.3 Å². The summed E-state index contributed by atoms with van der Waals surface area (Å²) in [6.07, 6.45) is 0.868. The van der Waals surface area contributed by atoms with Crippen molar-refractivity contribution >= 4 is 17.9 Å². The van der Waals surface area contributed by atoms with Gasteiger partial charge in [0.1, 0.15) is 18.2 Å². The molecule has 34 heavy (non-hydrogen) atoms. The molecule has 1 atom stereocenters. The van der Waals surface area contributed by atoms with Crippen LogP contribution >= 0.6 is 0 Å². The first kappa shape index (κ1) is 26.6. The number of ether oxygens (including phenoxy) is 1. The molecule has 2 aromatic rings. The van der Waals surface area contributed by atoms with Gasteiger partial charge in [-0.3, -0.25) is 9.59 Å². The highest BCUT2D eigenvalue weighted by Gasteiger charge is 2.33. The number of hydrogen-bond acceptors (Lipinski definition) is 4. The molecule has 0 aromatic heterocycles. The minimum Gasteiger partial charge on any atom is -0.444 e. The van der Waals surface area contributed by atoms with Crippen molar-refractivity contribution < 1.29 is 19.1 Å². The lowest BCUT2D eigenvalue weighted by atomic mass is 9.94. The zero-order valence-electron chi connectivity index (χ0n) is 20.7. The molecule has 2 rings (SSSR count). The Bertz CT molecular complexity index is 992. The molecule has 0 aliphatic carbocycles. The van der Waals surface area contributed by atoms with Crippen molar-refractivity contribution in [3.63, 3.8) is 0 Å². The van der Waals surface area contributed by atoms with Crippen molar-refractivity contribution in [3.8, 4) is 0 Å². The van der Waals surface area contributed by atoms with Gasteiger partial charge in [-0.15, -0.1) is 6.58 Å². The lowest BCUT2D eigenvalue weighted by Gasteiger charge is -2.32. The summed E-state index contributed by atoms with van der Waals surface area (Å²) in [6, 6.07) is 14.4. The second-order valence-electron chi connectivity index (χ2n) is 9.10. The molecule has 0 bridgehead atoms. The van der Waals surface area contributed by atoms with Crippen LogP contribution in [-0.4, -0.2) is 41.5 Å². The van der Waals surface area contributed by atoms with Crippen molar-refractivity contribution in [1.29, 1.82) is 0 Å². The Morgan fingerprint density at radius 3 is 2.18 bits per heavy atom. The van der Waals surface area contributed by atoms with Crippen LogP contribution in [-0.2, 0) is 20.9 Å². The van der Waals surface area contributed by atoms with Gasteiger partial charge in [-0.2, -0.15) is 0 Å². The first-order valence-corrected chi connectivity index (χ1v) is 11.3. The topological polar surface area (TPSA) is 87.7 Å². The molecule has 3 amide bonds. The van der Waals surface area contributed by atoms with Gasteiger partial charge in [-0.1, -0.05) is 54.6 Å². The predicted molar refractivity (Wildman–Crippen MR) is 133 cm³/mol. The Labute approximate surface area is 202 Å². The number of nitrogens with one attached hydrogen (secondary N) is 2. The van der Waals surface area contributed by atoms with Crippen LogP contribution in [0.2, 0.25) is 0 Å². The van der Waals surface area contributed by atoms with E-state index in [0.29, 0.717) is 6.54 Å². The molecule has 7 heteroatoms. The van der Waals surface area contributed by atoms with Crippen molar-refractivity contribution in [2.24, 2.45) is 0 Å². The van der Waals surface area contributed by atoms with Gasteiger partial charge in [-0.05, 0) is 56.9 Å². The molecule has 7 nitrogen and oxygen atoms in total. The minimum absolute atomic E-state index is 0.131. The maximum atomic E-state index is 13.5. The van der Waals surface area contributed by atoms with E-state index >= 15 is 0 Å². The Kier molecular flexibility index (Phi) is 9.42. The van der Waals surface area contributed by atoms with Crippen LogP contribution in [0.4, 0.5) is 4.79 Å². The molecule has 0 aliphatic rings. The highest BCUT2D eigenvalue weighted by molar-refractivity contribution is 5.91. The fourth-order valence-electron chi connectivity index (χ4n) is 3.62. The van der Waals surface area contributed by atoms with E-state index in [1.807, 2.05) is 62.4 Å². The highest BCUT2D eigenvalue weighted by atomic mass is 16.6. The lowest BCUT2D eigenvalue weighted by Crippen LogP contribution is -2.48. The molecular formula is C27H35N3O4. The normalized spacial score (nSPS) is 11.8. The van der Waals surface area contributed by atoms with E-state index in [-0.39, 0.29) is 19.0 Å². The first-order valence-electron chi connectivity index (χ1n) is 11.3. The van der Waals surface area contributed by atoms with Gasteiger partial charge in [0.2, 0.25) is 11.8 Å². The minimum atomic E-state index is -0.893. The summed E-state index contributed by atoms with van der Waals surface area (Å²) in [6.45, 7) is 13.0. The van der Waals surface area contributed by atoms with E-state index in [1.54, 1.807) is 26.8 Å². The Balaban J connectivity index is 2.33. The number of hydrogen-bond donors (Lipinski definition) is 2. The van der Waals surface area contributed by atoms with Crippen LogP contribution in [0.25, 0.3) is 0 Å². The van der Waals surface area contributed by atoms with Crippen molar-refractivity contribution in [2.75, 3.05) is 13.1 Å². The predicted octanol–water partition coefficient (Wildman–Crippen LogP) is 4.20. The number of carbonyl (C=O) groups excluding carboxylic acids is 3. The molecule has 0 radical (unpaired) electrons. The van der Waals surface area contributed by atoms with Crippen LogP contribution in [0, 0.1) is 13.8 Å². The lowest BCUT2D eigenvalue weighted by molar-refractivity contribution is -0.139.